The van der Waals surface area contributed by atoms with Crippen molar-refractivity contribution in [3.63, 3.8) is 0 Å². The highest BCUT2D eigenvalue weighted by atomic mass is 16.1. The number of aromatic nitrogens is 1. The summed E-state index contributed by atoms with van der Waals surface area (Å²) in [5, 5.41) is 0. The zero-order chi connectivity index (χ0) is 9.80. The van der Waals surface area contributed by atoms with Crippen molar-refractivity contribution in [2.75, 3.05) is 0 Å². The quantitative estimate of drug-likeness (QED) is 0.762. The van der Waals surface area contributed by atoms with Crippen molar-refractivity contribution in [3.05, 3.63) is 70.1 Å². The Morgan fingerprint density at radius 2 is 1.79 bits per heavy atom. The lowest BCUT2D eigenvalue weighted by Crippen LogP contribution is -2.04. The van der Waals surface area contributed by atoms with Gasteiger partial charge in [0.1, 0.15) is 0 Å². The van der Waals surface area contributed by atoms with Crippen LogP contribution < -0.4 is 5.56 Å². The third kappa shape index (κ3) is 2.10. The van der Waals surface area contributed by atoms with E-state index in [1.54, 1.807) is 12.3 Å². The van der Waals surface area contributed by atoms with Crippen molar-refractivity contribution >= 4 is 0 Å². The molecule has 0 saturated carbocycles. The van der Waals surface area contributed by atoms with E-state index in [0.717, 1.165) is 12.0 Å². The maximum absolute atomic E-state index is 11.0. The van der Waals surface area contributed by atoms with Crippen LogP contribution in [-0.4, -0.2) is 4.98 Å². The Labute approximate surface area is 82.2 Å². The van der Waals surface area contributed by atoms with Gasteiger partial charge >= 0.3 is 0 Å². The summed E-state index contributed by atoms with van der Waals surface area (Å²) in [6.07, 6.45) is 2.49. The summed E-state index contributed by atoms with van der Waals surface area (Å²) in [4.78, 5) is 13.6. The first-order valence-electron chi connectivity index (χ1n) is 4.56. The van der Waals surface area contributed by atoms with Gasteiger partial charge in [-0.25, -0.2) is 0 Å². The summed E-state index contributed by atoms with van der Waals surface area (Å²) in [5.74, 6) is 0. The molecule has 2 heteroatoms. The van der Waals surface area contributed by atoms with E-state index in [1.807, 2.05) is 24.3 Å². The van der Waals surface area contributed by atoms with Gasteiger partial charge in [-0.15, -0.1) is 0 Å². The molecule has 70 valence electrons. The molecule has 0 saturated heterocycles. The molecule has 0 bridgehead atoms. The van der Waals surface area contributed by atoms with Crippen molar-refractivity contribution in [1.82, 2.24) is 4.98 Å². The van der Waals surface area contributed by atoms with Crippen LogP contribution in [0.5, 0.6) is 0 Å². The van der Waals surface area contributed by atoms with Crippen molar-refractivity contribution in [3.8, 4) is 0 Å². The number of nitrogens with one attached hydrogen (secondary N) is 1. The molecule has 0 atom stereocenters. The largest absolute Gasteiger partial charge is 0.329 e. The lowest BCUT2D eigenvalue weighted by molar-refractivity contribution is 1.13. The highest BCUT2D eigenvalue weighted by Gasteiger charge is 1.95. The molecule has 0 amide bonds. The van der Waals surface area contributed by atoms with E-state index in [1.165, 1.54) is 5.56 Å². The molecule has 0 aliphatic heterocycles. The predicted octanol–water partition coefficient (Wildman–Crippen LogP) is 1.97. The Balaban J connectivity index is 2.24. The molecule has 2 aromatic rings. The summed E-state index contributed by atoms with van der Waals surface area (Å²) in [6.45, 7) is 0. The highest BCUT2D eigenvalue weighted by Crippen LogP contribution is 2.05. The van der Waals surface area contributed by atoms with Crippen LogP contribution in [0.1, 0.15) is 11.1 Å². The molecule has 2 rings (SSSR count). The van der Waals surface area contributed by atoms with Crippen LogP contribution >= 0.6 is 0 Å². The van der Waals surface area contributed by atoms with E-state index < -0.39 is 0 Å². The molecule has 1 heterocycles. The highest BCUT2D eigenvalue weighted by molar-refractivity contribution is 5.23. The van der Waals surface area contributed by atoms with E-state index in [-0.39, 0.29) is 5.56 Å². The van der Waals surface area contributed by atoms with E-state index in [9.17, 15) is 4.79 Å². The molecule has 2 nitrogen and oxygen atoms in total. The second kappa shape index (κ2) is 3.92. The van der Waals surface area contributed by atoms with Crippen LogP contribution in [0.3, 0.4) is 0 Å². The topological polar surface area (TPSA) is 32.9 Å². The van der Waals surface area contributed by atoms with Gasteiger partial charge in [0.05, 0.1) is 0 Å². The second-order valence-electron chi connectivity index (χ2n) is 3.22. The minimum atomic E-state index is -0.0431. The third-order valence-electron chi connectivity index (χ3n) is 2.09. The van der Waals surface area contributed by atoms with Crippen LogP contribution in [0.15, 0.2) is 53.5 Å². The number of aromatic amines is 1. The molecule has 1 N–H and O–H groups in total. The van der Waals surface area contributed by atoms with Gasteiger partial charge in [-0.05, 0) is 23.6 Å². The number of H-pyrrole nitrogens is 1. The zero-order valence-electron chi connectivity index (χ0n) is 7.73. The molecule has 0 aliphatic rings. The fourth-order valence-corrected chi connectivity index (χ4v) is 1.43. The van der Waals surface area contributed by atoms with Crippen LogP contribution in [0.2, 0.25) is 0 Å². The molecule has 0 aliphatic carbocycles. The number of benzene rings is 1. The van der Waals surface area contributed by atoms with Crippen LogP contribution in [0.25, 0.3) is 0 Å². The Kier molecular flexibility index (Phi) is 2.45. The summed E-state index contributed by atoms with van der Waals surface area (Å²) < 4.78 is 0. The third-order valence-corrected chi connectivity index (χ3v) is 2.09. The standard InChI is InChI=1S/C12H11NO/c14-12-9-11(6-7-13-12)8-10-4-2-1-3-5-10/h1-7,9H,8H2,(H,13,14). The van der Waals surface area contributed by atoms with Crippen molar-refractivity contribution < 1.29 is 0 Å². The summed E-state index contributed by atoms with van der Waals surface area (Å²) in [7, 11) is 0. The van der Waals surface area contributed by atoms with Gasteiger partial charge in [-0.2, -0.15) is 0 Å². The first kappa shape index (κ1) is 8.75. The van der Waals surface area contributed by atoms with Gasteiger partial charge in [0.2, 0.25) is 5.56 Å². The molecule has 0 spiro atoms. The average Bonchev–Trinajstić information content (AvgIpc) is 2.19. The van der Waals surface area contributed by atoms with Gasteiger partial charge in [-0.1, -0.05) is 30.3 Å². The normalized spacial score (nSPS) is 10.0. The van der Waals surface area contributed by atoms with E-state index >= 15 is 0 Å². The van der Waals surface area contributed by atoms with Gasteiger partial charge in [0.15, 0.2) is 0 Å². The minimum absolute atomic E-state index is 0.0431. The van der Waals surface area contributed by atoms with Crippen molar-refractivity contribution in [2.24, 2.45) is 0 Å². The average molecular weight is 185 g/mol. The van der Waals surface area contributed by atoms with Crippen molar-refractivity contribution in [1.29, 1.82) is 0 Å². The van der Waals surface area contributed by atoms with Crippen LogP contribution in [0, 0.1) is 0 Å². The molecule has 1 aromatic heterocycles. The molecular weight excluding hydrogens is 174 g/mol. The molecule has 0 radical (unpaired) electrons. The van der Waals surface area contributed by atoms with E-state index in [2.05, 4.69) is 17.1 Å². The summed E-state index contributed by atoms with van der Waals surface area (Å²) in [5.41, 5.74) is 2.22. The fourth-order valence-electron chi connectivity index (χ4n) is 1.43. The lowest BCUT2D eigenvalue weighted by atomic mass is 10.1. The summed E-state index contributed by atoms with van der Waals surface area (Å²) in [6, 6.07) is 13.7. The van der Waals surface area contributed by atoms with Crippen LogP contribution in [0.4, 0.5) is 0 Å². The number of rotatable bonds is 2. The van der Waals surface area contributed by atoms with Gasteiger partial charge in [0, 0.05) is 12.3 Å². The first-order chi connectivity index (χ1) is 6.84. The SMILES string of the molecule is O=c1cc(Cc2ccccc2)cc[nH]1. The first-order valence-corrected chi connectivity index (χ1v) is 4.56. The Bertz CT molecular complexity index is 459. The molecule has 0 fully saturated rings. The van der Waals surface area contributed by atoms with Gasteiger partial charge < -0.3 is 4.98 Å². The minimum Gasteiger partial charge on any atom is -0.329 e. The Morgan fingerprint density at radius 3 is 2.50 bits per heavy atom. The summed E-state index contributed by atoms with van der Waals surface area (Å²) >= 11 is 0. The van der Waals surface area contributed by atoms with Gasteiger partial charge in [0.25, 0.3) is 0 Å². The number of hydrogen-bond donors (Lipinski definition) is 1. The fraction of sp³-hybridized carbons (Fsp3) is 0.0833. The van der Waals surface area contributed by atoms with Crippen molar-refractivity contribution in [2.45, 2.75) is 6.42 Å². The Hall–Kier alpha value is -1.83. The second-order valence-corrected chi connectivity index (χ2v) is 3.22. The zero-order valence-corrected chi connectivity index (χ0v) is 7.73. The predicted molar refractivity (Wildman–Crippen MR) is 56.3 cm³/mol. The van der Waals surface area contributed by atoms with E-state index in [0.29, 0.717) is 0 Å². The monoisotopic (exact) mass is 185 g/mol. The molecule has 0 unspecified atom stereocenters. The number of pyridine rings is 1. The maximum atomic E-state index is 11.0. The van der Waals surface area contributed by atoms with Crippen LogP contribution in [-0.2, 0) is 6.42 Å². The lowest BCUT2D eigenvalue weighted by Gasteiger charge is -1.99. The maximum Gasteiger partial charge on any atom is 0.248 e. The molecule has 1 aromatic carbocycles. The smallest absolute Gasteiger partial charge is 0.248 e. The number of hydrogen-bond acceptors (Lipinski definition) is 1. The van der Waals surface area contributed by atoms with Gasteiger partial charge in [-0.3, -0.25) is 4.79 Å². The molecule has 14 heavy (non-hydrogen) atoms. The Morgan fingerprint density at radius 1 is 1.00 bits per heavy atom. The van der Waals surface area contributed by atoms with E-state index in [4.69, 9.17) is 0 Å². The molecular formula is C12H11NO.